The van der Waals surface area contributed by atoms with E-state index < -0.39 is 0 Å². The van der Waals surface area contributed by atoms with Crippen molar-refractivity contribution in [1.82, 2.24) is 20.2 Å². The fraction of sp³-hybridized carbons (Fsp3) is 0.643. The molecule has 2 heterocycles. The van der Waals surface area contributed by atoms with Crippen LogP contribution in [0.25, 0.3) is 11.0 Å². The van der Waals surface area contributed by atoms with Crippen LogP contribution >= 0.6 is 0 Å². The van der Waals surface area contributed by atoms with E-state index in [9.17, 15) is 0 Å². The summed E-state index contributed by atoms with van der Waals surface area (Å²) in [5.41, 5.74) is 6.35. The molecule has 0 unspecified atom stereocenters. The van der Waals surface area contributed by atoms with Crippen molar-refractivity contribution in [3.05, 3.63) is 6.20 Å². The zero-order valence-electron chi connectivity index (χ0n) is 12.3. The zero-order chi connectivity index (χ0) is 14.4. The highest BCUT2D eigenvalue weighted by Gasteiger charge is 2.07. The maximum absolute atomic E-state index is 5.67. The Labute approximate surface area is 119 Å². The van der Waals surface area contributed by atoms with Gasteiger partial charge in [-0.2, -0.15) is 15.1 Å². The standard InChI is InChI=1S/C14H24N6/c1-10(2)7-5-3-4-6-8-16-12-11-9-17-20-13(11)19-14(15)18-12/h9-10H,3-8H2,1-2H3,(H4,15,16,17,18,19,20). The molecule has 0 bridgehead atoms. The second-order valence-electron chi connectivity index (χ2n) is 5.59. The van der Waals surface area contributed by atoms with Crippen molar-refractivity contribution in [2.45, 2.75) is 46.0 Å². The SMILES string of the molecule is CC(C)CCCCCCNc1nc(N)nc2[nH]ncc12. The lowest BCUT2D eigenvalue weighted by Crippen LogP contribution is -2.06. The van der Waals surface area contributed by atoms with Crippen molar-refractivity contribution in [3.63, 3.8) is 0 Å². The molecule has 0 aliphatic rings. The van der Waals surface area contributed by atoms with Crippen molar-refractivity contribution >= 4 is 22.8 Å². The molecule has 0 radical (unpaired) electrons. The van der Waals surface area contributed by atoms with E-state index >= 15 is 0 Å². The number of H-pyrrole nitrogens is 1. The van der Waals surface area contributed by atoms with Gasteiger partial charge in [-0.3, -0.25) is 5.10 Å². The van der Waals surface area contributed by atoms with Gasteiger partial charge in [-0.15, -0.1) is 0 Å². The summed E-state index contributed by atoms with van der Waals surface area (Å²) < 4.78 is 0. The molecule has 6 heteroatoms. The number of aromatic amines is 1. The Morgan fingerprint density at radius 2 is 2.00 bits per heavy atom. The third kappa shape index (κ3) is 4.08. The van der Waals surface area contributed by atoms with Gasteiger partial charge >= 0.3 is 0 Å². The number of unbranched alkanes of at least 4 members (excludes halogenated alkanes) is 3. The zero-order valence-corrected chi connectivity index (χ0v) is 12.3. The molecule has 110 valence electrons. The quantitative estimate of drug-likeness (QED) is 0.645. The van der Waals surface area contributed by atoms with Crippen LogP contribution in [0, 0.1) is 5.92 Å². The highest BCUT2D eigenvalue weighted by atomic mass is 15.2. The minimum absolute atomic E-state index is 0.265. The van der Waals surface area contributed by atoms with Crippen LogP contribution in [0.3, 0.4) is 0 Å². The smallest absolute Gasteiger partial charge is 0.224 e. The van der Waals surface area contributed by atoms with Crippen LogP contribution < -0.4 is 11.1 Å². The molecule has 0 aromatic carbocycles. The molecule has 0 aliphatic heterocycles. The van der Waals surface area contributed by atoms with Gasteiger partial charge in [0.2, 0.25) is 5.95 Å². The van der Waals surface area contributed by atoms with E-state index in [-0.39, 0.29) is 5.95 Å². The lowest BCUT2D eigenvalue weighted by Gasteiger charge is -2.07. The number of hydrogen-bond donors (Lipinski definition) is 3. The third-order valence-corrected chi connectivity index (χ3v) is 3.33. The molecule has 2 aromatic heterocycles. The fourth-order valence-corrected chi connectivity index (χ4v) is 2.22. The number of fused-ring (bicyclic) bond motifs is 1. The lowest BCUT2D eigenvalue weighted by molar-refractivity contribution is 0.523. The van der Waals surface area contributed by atoms with Crippen molar-refractivity contribution in [1.29, 1.82) is 0 Å². The molecular formula is C14H24N6. The Kier molecular flexibility index (Phi) is 5.15. The lowest BCUT2D eigenvalue weighted by atomic mass is 10.0. The van der Waals surface area contributed by atoms with Gasteiger partial charge < -0.3 is 11.1 Å². The summed E-state index contributed by atoms with van der Waals surface area (Å²) in [6, 6.07) is 0. The van der Waals surface area contributed by atoms with Gasteiger partial charge in [0, 0.05) is 6.54 Å². The van der Waals surface area contributed by atoms with E-state index in [1.807, 2.05) is 0 Å². The number of aromatic nitrogens is 4. The minimum Gasteiger partial charge on any atom is -0.369 e. The molecule has 2 rings (SSSR count). The molecule has 0 aliphatic carbocycles. The van der Waals surface area contributed by atoms with Crippen molar-refractivity contribution < 1.29 is 0 Å². The monoisotopic (exact) mass is 276 g/mol. The third-order valence-electron chi connectivity index (χ3n) is 3.33. The first-order valence-electron chi connectivity index (χ1n) is 7.37. The van der Waals surface area contributed by atoms with Crippen LogP contribution in [0.15, 0.2) is 6.20 Å². The highest BCUT2D eigenvalue weighted by molar-refractivity contribution is 5.86. The maximum Gasteiger partial charge on any atom is 0.224 e. The van der Waals surface area contributed by atoms with Crippen LogP contribution in [0.1, 0.15) is 46.0 Å². The molecule has 0 atom stereocenters. The van der Waals surface area contributed by atoms with Gasteiger partial charge in [-0.05, 0) is 12.3 Å². The molecular weight excluding hydrogens is 252 g/mol. The van der Waals surface area contributed by atoms with E-state index in [2.05, 4.69) is 39.3 Å². The minimum atomic E-state index is 0.265. The van der Waals surface area contributed by atoms with Gasteiger partial charge in [0.25, 0.3) is 0 Å². The van der Waals surface area contributed by atoms with Crippen molar-refractivity contribution in [2.24, 2.45) is 5.92 Å². The maximum atomic E-state index is 5.67. The van der Waals surface area contributed by atoms with E-state index in [0.29, 0.717) is 5.65 Å². The van der Waals surface area contributed by atoms with Gasteiger partial charge in [0.1, 0.15) is 5.82 Å². The molecule has 0 fully saturated rings. The summed E-state index contributed by atoms with van der Waals surface area (Å²) in [4.78, 5) is 8.32. The van der Waals surface area contributed by atoms with E-state index in [0.717, 1.165) is 30.1 Å². The number of anilines is 2. The molecule has 0 saturated carbocycles. The van der Waals surface area contributed by atoms with Crippen LogP contribution in [0.4, 0.5) is 11.8 Å². The largest absolute Gasteiger partial charge is 0.369 e. The number of nitrogen functional groups attached to an aromatic ring is 1. The fourth-order valence-electron chi connectivity index (χ4n) is 2.22. The number of nitrogens with two attached hydrogens (primary N) is 1. The van der Waals surface area contributed by atoms with Gasteiger partial charge in [-0.1, -0.05) is 39.5 Å². The topological polar surface area (TPSA) is 92.5 Å². The first-order chi connectivity index (χ1) is 9.66. The van der Waals surface area contributed by atoms with Gasteiger partial charge in [0.05, 0.1) is 11.6 Å². The second kappa shape index (κ2) is 7.07. The molecule has 0 amide bonds. The van der Waals surface area contributed by atoms with E-state index in [1.165, 1.54) is 25.7 Å². The predicted octanol–water partition coefficient (Wildman–Crippen LogP) is 2.95. The number of hydrogen-bond acceptors (Lipinski definition) is 5. The van der Waals surface area contributed by atoms with E-state index in [1.54, 1.807) is 6.20 Å². The van der Waals surface area contributed by atoms with Crippen LogP contribution in [-0.2, 0) is 0 Å². The van der Waals surface area contributed by atoms with Gasteiger partial charge in [0.15, 0.2) is 5.65 Å². The first-order valence-corrected chi connectivity index (χ1v) is 7.37. The molecule has 2 aromatic rings. The van der Waals surface area contributed by atoms with Crippen molar-refractivity contribution in [3.8, 4) is 0 Å². The Balaban J connectivity index is 1.74. The molecule has 0 spiro atoms. The number of rotatable bonds is 8. The molecule has 20 heavy (non-hydrogen) atoms. The van der Waals surface area contributed by atoms with Crippen molar-refractivity contribution in [2.75, 3.05) is 17.6 Å². The summed E-state index contributed by atoms with van der Waals surface area (Å²) in [6.45, 7) is 5.45. The summed E-state index contributed by atoms with van der Waals surface area (Å²) in [6.07, 6.45) is 8.05. The normalized spacial score (nSPS) is 11.3. The Morgan fingerprint density at radius 1 is 1.20 bits per heavy atom. The summed E-state index contributed by atoms with van der Waals surface area (Å²) in [7, 11) is 0. The average Bonchev–Trinajstić information content (AvgIpc) is 2.85. The van der Waals surface area contributed by atoms with Crippen LogP contribution in [0.5, 0.6) is 0 Å². The summed E-state index contributed by atoms with van der Waals surface area (Å²) >= 11 is 0. The first kappa shape index (κ1) is 14.6. The molecule has 6 nitrogen and oxygen atoms in total. The molecule has 0 saturated heterocycles. The Morgan fingerprint density at radius 3 is 2.80 bits per heavy atom. The number of nitrogens with zero attached hydrogens (tertiary/aromatic N) is 3. The Bertz CT molecular complexity index is 533. The second-order valence-corrected chi connectivity index (χ2v) is 5.59. The summed E-state index contributed by atoms with van der Waals surface area (Å²) in [5.74, 6) is 1.84. The predicted molar refractivity (Wildman–Crippen MR) is 82.5 cm³/mol. The van der Waals surface area contributed by atoms with Gasteiger partial charge in [-0.25, -0.2) is 0 Å². The Hall–Kier alpha value is -1.85. The average molecular weight is 276 g/mol. The number of nitrogens with one attached hydrogen (secondary N) is 2. The van der Waals surface area contributed by atoms with E-state index in [4.69, 9.17) is 5.73 Å². The van der Waals surface area contributed by atoms with Crippen LogP contribution in [-0.4, -0.2) is 26.7 Å². The highest BCUT2D eigenvalue weighted by Crippen LogP contribution is 2.18. The van der Waals surface area contributed by atoms with Crippen LogP contribution in [0.2, 0.25) is 0 Å². The summed E-state index contributed by atoms with van der Waals surface area (Å²) in [5, 5.41) is 11.0. The molecule has 4 N–H and O–H groups in total.